The molecule has 2 unspecified atom stereocenters. The molecule has 0 heterocycles. The molecular formula is C70H72SiZr-4. The van der Waals surface area contributed by atoms with Crippen LogP contribution in [0.4, 0.5) is 0 Å². The third-order valence-corrected chi connectivity index (χ3v) is 13.8. The molecule has 0 aliphatic heterocycles. The summed E-state index contributed by atoms with van der Waals surface area (Å²) in [7, 11) is 0. The molecule has 2 atom stereocenters. The Morgan fingerprint density at radius 3 is 0.875 bits per heavy atom. The standard InChI is InChI=1S/2C34H33.2CH3.Si.Zr/c2*1-22-13-23(2)16-29(15-22)31-11-12-32(30-17-24(3)14-25(4)18-30)34-21-27(20-33(31)34)19-26(5)28-9-7-6-8-10-28;;;;/h2*6-18,20-21,26H,19H2,1-5H3;2*1H3;;/q4*-1;;. The number of aryl methyl sites for hydroxylation is 8. The fraction of sp³-hybridized carbons (Fsp3) is 0.200. The number of rotatable bonds is 10. The first kappa shape index (κ1) is 55.4. The van der Waals surface area contributed by atoms with Crippen molar-refractivity contribution in [3.63, 3.8) is 0 Å². The molecule has 364 valence electrons. The van der Waals surface area contributed by atoms with Crippen molar-refractivity contribution in [3.8, 4) is 44.5 Å². The van der Waals surface area contributed by atoms with Gasteiger partial charge in [0.05, 0.1) is 0 Å². The molecule has 0 aliphatic carbocycles. The van der Waals surface area contributed by atoms with E-state index in [0.717, 1.165) is 12.8 Å². The molecule has 2 heteroatoms. The molecule has 0 aromatic heterocycles. The van der Waals surface area contributed by atoms with Gasteiger partial charge in [-0.15, -0.1) is 44.8 Å². The first-order valence-electron chi connectivity index (χ1n) is 24.9. The predicted molar refractivity (Wildman–Crippen MR) is 314 cm³/mol. The summed E-state index contributed by atoms with van der Waals surface area (Å²) in [6.07, 6.45) is 2.08. The summed E-state index contributed by atoms with van der Waals surface area (Å²) in [6, 6.07) is 68.4. The third kappa shape index (κ3) is 13.0. The maximum atomic E-state index is 3.06. The predicted octanol–water partition coefficient (Wildman–Crippen LogP) is 19.5. The zero-order chi connectivity index (χ0) is 49.6. The summed E-state index contributed by atoms with van der Waals surface area (Å²) < 4.78 is 0. The van der Waals surface area contributed by atoms with E-state index in [1.54, 1.807) is 0 Å². The molecule has 0 nitrogen and oxygen atoms in total. The van der Waals surface area contributed by atoms with Gasteiger partial charge in [-0.2, -0.15) is 12.1 Å². The van der Waals surface area contributed by atoms with Gasteiger partial charge >= 0.3 is 30.2 Å². The van der Waals surface area contributed by atoms with Crippen LogP contribution in [-0.2, 0) is 36.2 Å². The Morgan fingerprint density at radius 2 is 0.597 bits per heavy atom. The van der Waals surface area contributed by atoms with Crippen LogP contribution >= 0.6 is 0 Å². The Morgan fingerprint density at radius 1 is 0.347 bits per heavy atom. The molecule has 2 radical (unpaired) electrons. The molecule has 0 saturated heterocycles. The van der Waals surface area contributed by atoms with Gasteiger partial charge < -0.3 is 14.9 Å². The second kappa shape index (κ2) is 24.7. The summed E-state index contributed by atoms with van der Waals surface area (Å²) in [5.74, 6) is 0.958. The number of hydrogen-bond acceptors (Lipinski definition) is 0. The summed E-state index contributed by atoms with van der Waals surface area (Å²) in [6.45, 7) is 25.3. The molecule has 10 rings (SSSR count). The van der Waals surface area contributed by atoms with Gasteiger partial charge in [-0.3, -0.25) is 0 Å². The first-order chi connectivity index (χ1) is 33.7. The first-order valence-corrected chi connectivity index (χ1v) is 29.1. The van der Waals surface area contributed by atoms with Crippen molar-refractivity contribution in [1.29, 1.82) is 0 Å². The van der Waals surface area contributed by atoms with Crippen molar-refractivity contribution in [2.45, 2.75) is 93.9 Å². The summed E-state index contributed by atoms with van der Waals surface area (Å²) in [4.78, 5) is 0. The maximum absolute atomic E-state index is 3.06. The fourth-order valence-corrected chi connectivity index (χ4v) is 11.0. The monoisotopic (exact) mass is 1030 g/mol. The van der Waals surface area contributed by atoms with Gasteiger partial charge in [0.15, 0.2) is 0 Å². The molecule has 0 spiro atoms. The number of fused-ring (bicyclic) bond motifs is 2. The van der Waals surface area contributed by atoms with Gasteiger partial charge in [-0.05, 0) is 102 Å². The van der Waals surface area contributed by atoms with Crippen LogP contribution in [0.5, 0.6) is 0 Å². The van der Waals surface area contributed by atoms with E-state index in [2.05, 4.69) is 258 Å². The average Bonchev–Trinajstić information content (AvgIpc) is 3.95. The van der Waals surface area contributed by atoms with E-state index >= 15 is 0 Å². The van der Waals surface area contributed by atoms with E-state index in [-0.39, 0.29) is 14.9 Å². The molecule has 0 aliphatic rings. The second-order valence-corrected chi connectivity index (χ2v) is 20.2. The zero-order valence-electron chi connectivity index (χ0n) is 44.9. The fourth-order valence-electron chi connectivity index (χ4n) is 11.0. The molecule has 10 aromatic carbocycles. The van der Waals surface area contributed by atoms with Crippen LogP contribution in [0.2, 0.25) is 0 Å². The van der Waals surface area contributed by atoms with E-state index in [9.17, 15) is 0 Å². The van der Waals surface area contributed by atoms with Crippen LogP contribution < -0.4 is 0 Å². The van der Waals surface area contributed by atoms with Crippen LogP contribution in [0.1, 0.15) is 92.4 Å². The van der Waals surface area contributed by atoms with Gasteiger partial charge in [0.1, 0.15) is 0 Å². The molecule has 0 N–H and O–H groups in total. The van der Waals surface area contributed by atoms with E-state index in [1.807, 2.05) is 0 Å². The zero-order valence-corrected chi connectivity index (χ0v) is 48.3. The minimum atomic E-state index is 0. The molecular weight excluding hydrogens is 960 g/mol. The van der Waals surface area contributed by atoms with E-state index in [0.29, 0.717) is 11.8 Å². The summed E-state index contributed by atoms with van der Waals surface area (Å²) in [5.41, 5.74) is 26.7. The van der Waals surface area contributed by atoms with Gasteiger partial charge in [-0.1, -0.05) is 249 Å². The molecule has 72 heavy (non-hydrogen) atoms. The Labute approximate surface area is 450 Å². The Balaban J connectivity index is 0.000000222. The van der Waals surface area contributed by atoms with E-state index < -0.39 is 0 Å². The summed E-state index contributed by atoms with van der Waals surface area (Å²) in [5, 5.41) is 5.43. The molecule has 0 bridgehead atoms. The SMILES string of the molecule is Cc1cc(C)cc(-c2ccc(-c3cc(C)cc(C)c3)c3[cH-]c(CC(C)c4ccccc4)cc23)c1.Cc1cc(C)cc(-c2ccc(-c3cc(C)cc(C)c3)c3[cH-]c(CC(C)c4ccccc4)cc23)c1.[CH3-].[CH3-].[Si]=[Zr]. The van der Waals surface area contributed by atoms with Gasteiger partial charge in [0.25, 0.3) is 0 Å². The normalized spacial score (nSPS) is 11.6. The van der Waals surface area contributed by atoms with Crippen LogP contribution in [0, 0.1) is 70.2 Å². The van der Waals surface area contributed by atoms with Crippen LogP contribution in [0.25, 0.3) is 66.1 Å². The number of benzene rings is 8. The van der Waals surface area contributed by atoms with Crippen molar-refractivity contribution < 1.29 is 23.3 Å². The van der Waals surface area contributed by atoms with Crippen molar-refractivity contribution in [3.05, 3.63) is 264 Å². The van der Waals surface area contributed by atoms with Crippen molar-refractivity contribution in [2.24, 2.45) is 0 Å². The molecule has 0 amide bonds. The second-order valence-electron chi connectivity index (χ2n) is 20.2. The molecule has 0 fully saturated rings. The average molecular weight is 1030 g/mol. The molecule has 10 aromatic rings. The minimum absolute atomic E-state index is 0. The number of hydrogen-bond donors (Lipinski definition) is 0. The van der Waals surface area contributed by atoms with Crippen molar-refractivity contribution >= 4 is 28.4 Å². The van der Waals surface area contributed by atoms with Crippen LogP contribution in [-0.4, -0.2) is 6.88 Å². The Kier molecular flexibility index (Phi) is 19.0. The van der Waals surface area contributed by atoms with Crippen LogP contribution in [0.3, 0.4) is 0 Å². The van der Waals surface area contributed by atoms with Crippen molar-refractivity contribution in [2.75, 3.05) is 0 Å². The van der Waals surface area contributed by atoms with Gasteiger partial charge in [0.2, 0.25) is 0 Å². The topological polar surface area (TPSA) is 0 Å². The van der Waals surface area contributed by atoms with Crippen molar-refractivity contribution in [1.82, 2.24) is 0 Å². The van der Waals surface area contributed by atoms with E-state index in [1.165, 1.54) is 156 Å². The Hall–Kier alpha value is -5.92. The quantitative estimate of drug-likeness (QED) is 0.0946. The van der Waals surface area contributed by atoms with Crippen LogP contribution in [0.15, 0.2) is 182 Å². The van der Waals surface area contributed by atoms with E-state index in [4.69, 9.17) is 0 Å². The Bertz CT molecular complexity index is 2930. The third-order valence-electron chi connectivity index (χ3n) is 13.8. The molecule has 0 saturated carbocycles. The summed E-state index contributed by atoms with van der Waals surface area (Å²) >= 11 is 1.36. The van der Waals surface area contributed by atoms with Gasteiger partial charge in [-0.25, -0.2) is 0 Å². The van der Waals surface area contributed by atoms with Gasteiger partial charge in [0, 0.05) is 0 Å².